The lowest BCUT2D eigenvalue weighted by Crippen LogP contribution is -2.45. The molecule has 1 aromatic carbocycles. The largest absolute Gasteiger partial charge is 0.349 e. The molecule has 0 bridgehead atoms. The second-order valence-corrected chi connectivity index (χ2v) is 10.3. The van der Waals surface area contributed by atoms with Crippen LogP contribution < -0.4 is 5.32 Å². The minimum atomic E-state index is -3.50. The second-order valence-electron chi connectivity index (χ2n) is 7.21. The molecular formula is C20H26N2O3S2. The van der Waals surface area contributed by atoms with E-state index in [1.807, 2.05) is 13.0 Å². The van der Waals surface area contributed by atoms with Gasteiger partial charge in [0.05, 0.1) is 12.0 Å². The molecule has 146 valence electrons. The van der Waals surface area contributed by atoms with E-state index in [9.17, 15) is 13.2 Å². The number of hydrogen-bond acceptors (Lipinski definition) is 4. The van der Waals surface area contributed by atoms with Gasteiger partial charge in [-0.1, -0.05) is 24.3 Å². The Morgan fingerprint density at radius 2 is 2.04 bits per heavy atom. The summed E-state index contributed by atoms with van der Waals surface area (Å²) in [6.45, 7) is 6.79. The Morgan fingerprint density at radius 3 is 2.70 bits per heavy atom. The smallest absolute Gasteiger partial charge is 0.252 e. The highest BCUT2D eigenvalue weighted by atomic mass is 32.2. The molecule has 2 atom stereocenters. The molecule has 1 aliphatic heterocycles. The van der Waals surface area contributed by atoms with Gasteiger partial charge < -0.3 is 5.32 Å². The maximum absolute atomic E-state index is 12.8. The van der Waals surface area contributed by atoms with Gasteiger partial charge in [0.25, 0.3) is 10.0 Å². The molecule has 1 aromatic heterocycles. The molecule has 0 radical (unpaired) electrons. The standard InChI is InChI=1S/C20H26N2O3S2/c1-14-8-9-17(12-15(14)2)16(3)21-20(23)18-6-4-10-22(13-18)27(24,25)19-7-5-11-26-19/h5,7-9,11-12,16,18H,4,6,10,13H2,1-3H3,(H,21,23)/t16-,18-/m1/s1. The van der Waals surface area contributed by atoms with Crippen molar-refractivity contribution in [3.05, 3.63) is 52.4 Å². The predicted molar refractivity (Wildman–Crippen MR) is 108 cm³/mol. The SMILES string of the molecule is Cc1ccc([C@@H](C)NC(=O)[C@@H]2CCCN(S(=O)(=O)c3cccs3)C2)cc1C. The molecule has 27 heavy (non-hydrogen) atoms. The fourth-order valence-corrected chi connectivity index (χ4v) is 6.03. The van der Waals surface area contributed by atoms with E-state index in [4.69, 9.17) is 0 Å². The summed E-state index contributed by atoms with van der Waals surface area (Å²) in [5.41, 5.74) is 3.48. The Hall–Kier alpha value is -1.70. The Balaban J connectivity index is 1.67. The summed E-state index contributed by atoms with van der Waals surface area (Å²) >= 11 is 1.21. The van der Waals surface area contributed by atoms with E-state index in [0.29, 0.717) is 23.6 Å². The fourth-order valence-electron chi connectivity index (χ4n) is 3.36. The number of nitrogens with zero attached hydrogens (tertiary/aromatic N) is 1. The molecule has 1 saturated heterocycles. The number of aryl methyl sites for hydroxylation is 2. The average molecular weight is 407 g/mol. The number of nitrogens with one attached hydrogen (secondary N) is 1. The van der Waals surface area contributed by atoms with Crippen LogP contribution in [0.25, 0.3) is 0 Å². The zero-order valence-electron chi connectivity index (χ0n) is 15.9. The van der Waals surface area contributed by atoms with E-state index in [-0.39, 0.29) is 24.4 Å². The normalized spacial score (nSPS) is 19.6. The number of hydrogen-bond donors (Lipinski definition) is 1. The molecule has 0 aliphatic carbocycles. The van der Waals surface area contributed by atoms with Crippen LogP contribution in [0.5, 0.6) is 0 Å². The van der Waals surface area contributed by atoms with E-state index >= 15 is 0 Å². The van der Waals surface area contributed by atoms with Gasteiger partial charge in [-0.05, 0) is 61.7 Å². The topological polar surface area (TPSA) is 66.5 Å². The van der Waals surface area contributed by atoms with Gasteiger partial charge in [0, 0.05) is 13.1 Å². The van der Waals surface area contributed by atoms with Crippen LogP contribution in [0.15, 0.2) is 39.9 Å². The first-order valence-electron chi connectivity index (χ1n) is 9.20. The lowest BCUT2D eigenvalue weighted by molar-refractivity contribution is -0.126. The third-order valence-corrected chi connectivity index (χ3v) is 8.47. The first-order valence-corrected chi connectivity index (χ1v) is 11.5. The van der Waals surface area contributed by atoms with Gasteiger partial charge in [0.2, 0.25) is 5.91 Å². The minimum absolute atomic E-state index is 0.0770. The molecule has 2 aromatic rings. The van der Waals surface area contributed by atoms with Crippen molar-refractivity contribution >= 4 is 27.3 Å². The van der Waals surface area contributed by atoms with Crippen molar-refractivity contribution in [1.29, 1.82) is 0 Å². The molecule has 1 aliphatic rings. The molecular weight excluding hydrogens is 380 g/mol. The zero-order valence-corrected chi connectivity index (χ0v) is 17.6. The third-order valence-electron chi connectivity index (χ3n) is 5.23. The van der Waals surface area contributed by atoms with Gasteiger partial charge in [-0.3, -0.25) is 4.79 Å². The van der Waals surface area contributed by atoms with Gasteiger partial charge in [0.15, 0.2) is 0 Å². The van der Waals surface area contributed by atoms with Gasteiger partial charge in [-0.2, -0.15) is 4.31 Å². The van der Waals surface area contributed by atoms with Crippen LogP contribution in [0.3, 0.4) is 0 Å². The molecule has 0 unspecified atom stereocenters. The highest BCUT2D eigenvalue weighted by Gasteiger charge is 2.34. The Labute approximate surface area is 165 Å². The Bertz CT molecular complexity index is 907. The summed E-state index contributed by atoms with van der Waals surface area (Å²) in [5, 5.41) is 4.82. The number of amides is 1. The van der Waals surface area contributed by atoms with E-state index in [1.54, 1.807) is 17.5 Å². The van der Waals surface area contributed by atoms with E-state index < -0.39 is 10.0 Å². The quantitative estimate of drug-likeness (QED) is 0.824. The van der Waals surface area contributed by atoms with E-state index in [1.165, 1.54) is 26.8 Å². The summed E-state index contributed by atoms with van der Waals surface area (Å²) in [4.78, 5) is 12.8. The lowest BCUT2D eigenvalue weighted by atomic mass is 9.97. The molecule has 1 fully saturated rings. The molecule has 1 N–H and O–H groups in total. The number of carbonyl (C=O) groups excluding carboxylic acids is 1. The third kappa shape index (κ3) is 4.42. The molecule has 0 spiro atoms. The molecule has 7 heteroatoms. The number of sulfonamides is 1. The molecule has 1 amide bonds. The van der Waals surface area contributed by atoms with Crippen molar-refractivity contribution in [2.45, 2.75) is 43.9 Å². The number of benzene rings is 1. The number of carbonyl (C=O) groups is 1. The van der Waals surface area contributed by atoms with Crippen molar-refractivity contribution in [3.8, 4) is 0 Å². The average Bonchev–Trinajstić information content (AvgIpc) is 3.19. The number of piperidine rings is 1. The summed E-state index contributed by atoms with van der Waals surface area (Å²) in [6.07, 6.45) is 1.41. The highest BCUT2D eigenvalue weighted by molar-refractivity contribution is 7.91. The van der Waals surface area contributed by atoms with Crippen molar-refractivity contribution in [1.82, 2.24) is 9.62 Å². The maximum atomic E-state index is 12.8. The predicted octanol–water partition coefficient (Wildman–Crippen LogP) is 3.64. The van der Waals surface area contributed by atoms with Crippen LogP contribution in [0.1, 0.15) is 42.5 Å². The van der Waals surface area contributed by atoms with Crippen molar-refractivity contribution < 1.29 is 13.2 Å². The molecule has 0 saturated carbocycles. The van der Waals surface area contributed by atoms with Gasteiger partial charge in [-0.15, -0.1) is 11.3 Å². The lowest BCUT2D eigenvalue weighted by Gasteiger charge is -2.31. The number of thiophene rings is 1. The van der Waals surface area contributed by atoms with Crippen LogP contribution in [0.2, 0.25) is 0 Å². The maximum Gasteiger partial charge on any atom is 0.252 e. The minimum Gasteiger partial charge on any atom is -0.349 e. The van der Waals surface area contributed by atoms with Crippen LogP contribution in [0, 0.1) is 19.8 Å². The summed E-state index contributed by atoms with van der Waals surface area (Å²) in [5.74, 6) is -0.394. The van der Waals surface area contributed by atoms with Crippen LogP contribution >= 0.6 is 11.3 Å². The first-order chi connectivity index (χ1) is 12.8. The van der Waals surface area contributed by atoms with Crippen molar-refractivity contribution in [2.24, 2.45) is 5.92 Å². The fraction of sp³-hybridized carbons (Fsp3) is 0.450. The van der Waals surface area contributed by atoms with Gasteiger partial charge in [0.1, 0.15) is 4.21 Å². The summed E-state index contributed by atoms with van der Waals surface area (Å²) in [7, 11) is -3.50. The molecule has 5 nitrogen and oxygen atoms in total. The first kappa shape index (κ1) is 20.0. The van der Waals surface area contributed by atoms with Crippen LogP contribution in [0.4, 0.5) is 0 Å². The highest BCUT2D eigenvalue weighted by Crippen LogP contribution is 2.27. The second kappa shape index (κ2) is 8.12. The molecule has 3 rings (SSSR count). The van der Waals surface area contributed by atoms with Crippen molar-refractivity contribution in [2.75, 3.05) is 13.1 Å². The zero-order chi connectivity index (χ0) is 19.6. The monoisotopic (exact) mass is 406 g/mol. The number of rotatable bonds is 5. The van der Waals surface area contributed by atoms with Crippen LogP contribution in [-0.2, 0) is 14.8 Å². The van der Waals surface area contributed by atoms with E-state index in [2.05, 4.69) is 31.3 Å². The Morgan fingerprint density at radius 1 is 1.26 bits per heavy atom. The summed E-state index contributed by atoms with van der Waals surface area (Å²) in [6, 6.07) is 9.42. The Kier molecular flexibility index (Phi) is 6.03. The van der Waals surface area contributed by atoms with E-state index in [0.717, 1.165) is 5.56 Å². The van der Waals surface area contributed by atoms with Crippen LogP contribution in [-0.4, -0.2) is 31.7 Å². The summed E-state index contributed by atoms with van der Waals surface area (Å²) < 4.78 is 27.3. The van der Waals surface area contributed by atoms with Gasteiger partial charge >= 0.3 is 0 Å². The molecule has 2 heterocycles. The van der Waals surface area contributed by atoms with Crippen molar-refractivity contribution in [3.63, 3.8) is 0 Å². The van der Waals surface area contributed by atoms with Gasteiger partial charge in [-0.25, -0.2) is 8.42 Å².